The Labute approximate surface area is 177 Å². The van der Waals surface area contributed by atoms with E-state index in [9.17, 15) is 9.59 Å². The molecule has 0 saturated carbocycles. The van der Waals surface area contributed by atoms with Gasteiger partial charge in [0.25, 0.3) is 11.8 Å². The molecule has 0 aromatic heterocycles. The Morgan fingerprint density at radius 1 is 0.933 bits per heavy atom. The maximum absolute atomic E-state index is 12.7. The van der Waals surface area contributed by atoms with Gasteiger partial charge in [-0.05, 0) is 35.4 Å². The summed E-state index contributed by atoms with van der Waals surface area (Å²) in [5.74, 6) is 0.122. The van der Waals surface area contributed by atoms with Crippen molar-refractivity contribution in [2.75, 3.05) is 32.7 Å². The molecule has 1 saturated heterocycles. The van der Waals surface area contributed by atoms with Crippen molar-refractivity contribution < 1.29 is 14.5 Å². The van der Waals surface area contributed by atoms with E-state index in [-0.39, 0.29) is 17.9 Å². The van der Waals surface area contributed by atoms with E-state index < -0.39 is 0 Å². The van der Waals surface area contributed by atoms with Gasteiger partial charge in [-0.3, -0.25) is 9.59 Å². The molecule has 3 aromatic rings. The van der Waals surface area contributed by atoms with E-state index in [1.54, 1.807) is 0 Å². The number of benzene rings is 3. The van der Waals surface area contributed by atoms with Gasteiger partial charge in [-0.25, -0.2) is 0 Å². The molecule has 4 rings (SSSR count). The van der Waals surface area contributed by atoms with Crippen LogP contribution in [0.3, 0.4) is 0 Å². The highest BCUT2D eigenvalue weighted by atomic mass is 16.2. The largest absolute Gasteiger partial charge is 0.345 e. The number of carbonyl (C=O) groups excluding carboxylic acids is 2. The van der Waals surface area contributed by atoms with Crippen LogP contribution in [-0.2, 0) is 4.79 Å². The Bertz CT molecular complexity index is 1020. The number of nitrogens with one attached hydrogen (secondary N) is 2. The normalized spacial score (nSPS) is 15.7. The van der Waals surface area contributed by atoms with Gasteiger partial charge in [-0.1, -0.05) is 60.7 Å². The second-order valence-corrected chi connectivity index (χ2v) is 7.94. The molecular formula is C25H28N3O2+. The second kappa shape index (κ2) is 9.09. The first-order chi connectivity index (χ1) is 14.6. The predicted octanol–water partition coefficient (Wildman–Crippen LogP) is 2.06. The predicted molar refractivity (Wildman–Crippen MR) is 118 cm³/mol. The quantitative estimate of drug-likeness (QED) is 0.686. The van der Waals surface area contributed by atoms with Crippen LogP contribution in [-0.4, -0.2) is 49.4 Å². The highest BCUT2D eigenvalue weighted by molar-refractivity contribution is 5.94. The minimum Gasteiger partial charge on any atom is -0.345 e. The minimum atomic E-state index is -0.0519. The van der Waals surface area contributed by atoms with Crippen LogP contribution in [0.1, 0.15) is 28.9 Å². The number of piperazine rings is 1. The average Bonchev–Trinajstić information content (AvgIpc) is 2.79. The van der Waals surface area contributed by atoms with Gasteiger partial charge in [-0.2, -0.15) is 0 Å². The molecule has 3 aromatic carbocycles. The van der Waals surface area contributed by atoms with Crippen molar-refractivity contribution in [1.82, 2.24) is 10.2 Å². The third-order valence-corrected chi connectivity index (χ3v) is 5.86. The molecule has 154 valence electrons. The Morgan fingerprint density at radius 3 is 2.37 bits per heavy atom. The van der Waals surface area contributed by atoms with Gasteiger partial charge in [0.1, 0.15) is 0 Å². The Morgan fingerprint density at radius 2 is 1.60 bits per heavy atom. The van der Waals surface area contributed by atoms with E-state index in [0.717, 1.165) is 24.2 Å². The molecule has 2 N–H and O–H groups in total. The minimum absolute atomic E-state index is 0.0493. The number of fused-ring (bicyclic) bond motifs is 1. The van der Waals surface area contributed by atoms with Crippen molar-refractivity contribution in [3.63, 3.8) is 0 Å². The molecule has 1 aliphatic rings. The van der Waals surface area contributed by atoms with E-state index in [4.69, 9.17) is 0 Å². The van der Waals surface area contributed by atoms with Gasteiger partial charge >= 0.3 is 0 Å². The smallest absolute Gasteiger partial charge is 0.275 e. The molecule has 0 unspecified atom stereocenters. The monoisotopic (exact) mass is 402 g/mol. The number of amides is 2. The zero-order valence-corrected chi connectivity index (χ0v) is 17.3. The molecule has 0 bridgehead atoms. The summed E-state index contributed by atoms with van der Waals surface area (Å²) in [5.41, 5.74) is 1.86. The lowest BCUT2D eigenvalue weighted by Crippen LogP contribution is -3.15. The third kappa shape index (κ3) is 4.52. The van der Waals surface area contributed by atoms with Gasteiger partial charge in [-0.15, -0.1) is 0 Å². The summed E-state index contributed by atoms with van der Waals surface area (Å²) in [6.07, 6.45) is 0. The van der Waals surface area contributed by atoms with Crippen LogP contribution in [0.2, 0.25) is 0 Å². The van der Waals surface area contributed by atoms with Crippen molar-refractivity contribution in [3.8, 4) is 0 Å². The first kappa shape index (κ1) is 20.1. The van der Waals surface area contributed by atoms with Crippen molar-refractivity contribution >= 4 is 22.6 Å². The number of hydrogen-bond donors (Lipinski definition) is 2. The molecule has 5 heteroatoms. The molecule has 0 aliphatic carbocycles. The third-order valence-electron chi connectivity index (χ3n) is 5.86. The maximum Gasteiger partial charge on any atom is 0.275 e. The molecule has 1 heterocycles. The summed E-state index contributed by atoms with van der Waals surface area (Å²) in [6.45, 7) is 5.39. The molecule has 1 aliphatic heterocycles. The van der Waals surface area contributed by atoms with E-state index in [0.29, 0.717) is 19.6 Å². The van der Waals surface area contributed by atoms with E-state index in [1.165, 1.54) is 15.7 Å². The van der Waals surface area contributed by atoms with Crippen LogP contribution in [0.5, 0.6) is 0 Å². The topological polar surface area (TPSA) is 53.9 Å². The molecule has 1 fully saturated rings. The van der Waals surface area contributed by atoms with Crippen molar-refractivity contribution in [2.24, 2.45) is 0 Å². The SMILES string of the molecule is C[C@@H](NC(=O)C[NH+]1CCN(C(=O)c2ccccc2)CC1)c1cccc2ccccc12. The van der Waals surface area contributed by atoms with Gasteiger partial charge in [0.15, 0.2) is 6.54 Å². The van der Waals surface area contributed by atoms with Crippen LogP contribution in [0.4, 0.5) is 0 Å². The van der Waals surface area contributed by atoms with Crippen molar-refractivity contribution in [1.29, 1.82) is 0 Å². The molecule has 30 heavy (non-hydrogen) atoms. The van der Waals surface area contributed by atoms with E-state index in [2.05, 4.69) is 29.6 Å². The lowest BCUT2D eigenvalue weighted by atomic mass is 10.00. The van der Waals surface area contributed by atoms with Crippen molar-refractivity contribution in [2.45, 2.75) is 13.0 Å². The Kier molecular flexibility index (Phi) is 6.10. The molecule has 0 radical (unpaired) electrons. The number of quaternary nitrogens is 1. The van der Waals surface area contributed by atoms with Crippen LogP contribution < -0.4 is 10.2 Å². The number of nitrogens with zero attached hydrogens (tertiary/aromatic N) is 1. The first-order valence-corrected chi connectivity index (χ1v) is 10.6. The molecule has 1 atom stereocenters. The summed E-state index contributed by atoms with van der Waals surface area (Å²) in [5, 5.41) is 5.51. The second-order valence-electron chi connectivity index (χ2n) is 7.94. The van der Waals surface area contributed by atoms with E-state index in [1.807, 2.05) is 60.4 Å². The standard InChI is InChI=1S/C25H27N3O2/c1-19(22-13-7-11-20-8-5-6-12-23(20)22)26-24(29)18-27-14-16-28(17-15-27)25(30)21-9-3-2-4-10-21/h2-13,19H,14-18H2,1H3,(H,26,29)/p+1/t19-/m1/s1. The zero-order chi connectivity index (χ0) is 20.9. The van der Waals surface area contributed by atoms with E-state index >= 15 is 0 Å². The summed E-state index contributed by atoms with van der Waals surface area (Å²) in [4.78, 5) is 28.3. The highest BCUT2D eigenvalue weighted by Crippen LogP contribution is 2.23. The fourth-order valence-electron chi connectivity index (χ4n) is 4.19. The van der Waals surface area contributed by atoms with Gasteiger partial charge in [0.2, 0.25) is 0 Å². The van der Waals surface area contributed by atoms with Gasteiger partial charge < -0.3 is 15.1 Å². The van der Waals surface area contributed by atoms with Crippen LogP contribution in [0.15, 0.2) is 72.8 Å². The number of hydrogen-bond acceptors (Lipinski definition) is 2. The van der Waals surface area contributed by atoms with Crippen LogP contribution >= 0.6 is 0 Å². The maximum atomic E-state index is 12.7. The van der Waals surface area contributed by atoms with Crippen LogP contribution in [0.25, 0.3) is 10.8 Å². The summed E-state index contributed by atoms with van der Waals surface area (Å²) >= 11 is 0. The average molecular weight is 403 g/mol. The summed E-state index contributed by atoms with van der Waals surface area (Å²) in [6, 6.07) is 23.8. The van der Waals surface area contributed by atoms with Gasteiger partial charge in [0.05, 0.1) is 32.2 Å². The molecular weight excluding hydrogens is 374 g/mol. The lowest BCUT2D eigenvalue weighted by Gasteiger charge is -2.32. The lowest BCUT2D eigenvalue weighted by molar-refractivity contribution is -0.896. The van der Waals surface area contributed by atoms with Crippen molar-refractivity contribution in [3.05, 3.63) is 83.9 Å². The molecule has 5 nitrogen and oxygen atoms in total. The number of carbonyl (C=O) groups is 2. The number of rotatable bonds is 5. The fraction of sp³-hybridized carbons (Fsp3) is 0.280. The Hall–Kier alpha value is -3.18. The molecule has 0 spiro atoms. The van der Waals surface area contributed by atoms with Crippen LogP contribution in [0, 0.1) is 0 Å². The fourth-order valence-corrected chi connectivity index (χ4v) is 4.19. The summed E-state index contributed by atoms with van der Waals surface area (Å²) < 4.78 is 0. The molecule has 2 amide bonds. The zero-order valence-electron chi connectivity index (χ0n) is 17.3. The van der Waals surface area contributed by atoms with Gasteiger partial charge in [0, 0.05) is 5.56 Å². The summed E-state index contributed by atoms with van der Waals surface area (Å²) in [7, 11) is 0. The highest BCUT2D eigenvalue weighted by Gasteiger charge is 2.26. The first-order valence-electron chi connectivity index (χ1n) is 10.6. The Balaban J connectivity index is 1.30.